The van der Waals surface area contributed by atoms with Crippen molar-refractivity contribution in [2.45, 2.75) is 38.4 Å². The molecule has 0 fully saturated rings. The van der Waals surface area contributed by atoms with Crippen molar-refractivity contribution >= 4 is 15.7 Å². The van der Waals surface area contributed by atoms with E-state index < -0.39 is 21.0 Å². The molecule has 1 amide bonds. The molecule has 0 heterocycles. The molecule has 0 rings (SSSR count). The van der Waals surface area contributed by atoms with E-state index in [1.54, 1.807) is 0 Å². The molecule has 2 N–H and O–H groups in total. The van der Waals surface area contributed by atoms with Crippen molar-refractivity contribution in [2.75, 3.05) is 19.4 Å². The highest BCUT2D eigenvalue weighted by Gasteiger charge is 2.23. The maximum absolute atomic E-state index is 11.5. The van der Waals surface area contributed by atoms with Gasteiger partial charge in [0.15, 0.2) is 9.84 Å². The lowest BCUT2D eigenvalue weighted by Crippen LogP contribution is -2.39. The Morgan fingerprint density at radius 2 is 1.94 bits per heavy atom. The number of sulfone groups is 1. The van der Waals surface area contributed by atoms with Gasteiger partial charge in [-0.3, -0.25) is 4.79 Å². The molecule has 0 radical (unpaired) electrons. The molecule has 6 heteroatoms. The van der Waals surface area contributed by atoms with Crippen LogP contribution in [0.2, 0.25) is 0 Å². The van der Waals surface area contributed by atoms with Gasteiger partial charge in [-0.15, -0.1) is 0 Å². The highest BCUT2D eigenvalue weighted by Crippen LogP contribution is 2.09. The Balaban J connectivity index is 4.21. The molecule has 0 aromatic rings. The minimum absolute atomic E-state index is 0.0855. The summed E-state index contributed by atoms with van der Waals surface area (Å²) < 4.78 is 22.3. The average molecular weight is 265 g/mol. The number of hydrogen-bond donors (Lipinski definition) is 2. The lowest BCUT2D eigenvalue weighted by molar-refractivity contribution is -0.120. The zero-order valence-corrected chi connectivity index (χ0v) is 11.6. The molecule has 0 saturated heterocycles. The maximum atomic E-state index is 11.5. The molecule has 0 aliphatic rings. The first-order valence-corrected chi connectivity index (χ1v) is 7.85. The summed E-state index contributed by atoms with van der Waals surface area (Å²) in [6, 6.07) is 0. The smallest absolute Gasteiger partial charge is 0.238 e. The van der Waals surface area contributed by atoms with Crippen LogP contribution in [-0.2, 0) is 14.6 Å². The Morgan fingerprint density at radius 3 is 2.35 bits per heavy atom. The van der Waals surface area contributed by atoms with Gasteiger partial charge in [-0.2, -0.15) is 0 Å². The first kappa shape index (κ1) is 16.4. The third-order valence-electron chi connectivity index (χ3n) is 2.81. The monoisotopic (exact) mass is 265 g/mol. The van der Waals surface area contributed by atoms with Gasteiger partial charge in [0.2, 0.25) is 5.91 Å². The third-order valence-corrected chi connectivity index (χ3v) is 4.31. The van der Waals surface area contributed by atoms with Gasteiger partial charge >= 0.3 is 0 Å². The average Bonchev–Trinajstić information content (AvgIpc) is 2.23. The summed E-state index contributed by atoms with van der Waals surface area (Å²) in [5, 5.41) is 10.5. The van der Waals surface area contributed by atoms with E-state index in [4.69, 9.17) is 5.11 Å². The van der Waals surface area contributed by atoms with Crippen LogP contribution in [0, 0.1) is 5.92 Å². The zero-order valence-electron chi connectivity index (χ0n) is 10.8. The van der Waals surface area contributed by atoms with Crippen molar-refractivity contribution < 1.29 is 18.3 Å². The van der Waals surface area contributed by atoms with Crippen molar-refractivity contribution in [1.82, 2.24) is 5.32 Å². The van der Waals surface area contributed by atoms with E-state index in [-0.39, 0.29) is 12.5 Å². The molecule has 0 aromatic carbocycles. The van der Waals surface area contributed by atoms with Crippen LogP contribution >= 0.6 is 0 Å². The summed E-state index contributed by atoms with van der Waals surface area (Å²) in [7, 11) is -3.34. The topological polar surface area (TPSA) is 83.5 Å². The lowest BCUT2D eigenvalue weighted by atomic mass is 10.0. The summed E-state index contributed by atoms with van der Waals surface area (Å²) >= 11 is 0. The van der Waals surface area contributed by atoms with Crippen LogP contribution in [0.3, 0.4) is 0 Å². The largest absolute Gasteiger partial charge is 0.396 e. The standard InChI is InChI=1S/C11H23NO4S/c1-4-5-10(6-7-13)8-12-11(14)9(2)17(3,15)16/h9-10,13H,4-8H2,1-3H3,(H,12,14). The number of carbonyl (C=O) groups is 1. The number of aliphatic hydroxyl groups is 1. The predicted octanol–water partition coefficient (Wildman–Crippen LogP) is 0.334. The molecular weight excluding hydrogens is 242 g/mol. The summed E-state index contributed by atoms with van der Waals surface area (Å²) in [5.74, 6) is -0.257. The van der Waals surface area contributed by atoms with Crippen molar-refractivity contribution in [3.63, 3.8) is 0 Å². The molecule has 0 aliphatic heterocycles. The first-order valence-electron chi connectivity index (χ1n) is 5.90. The summed E-state index contributed by atoms with van der Waals surface area (Å²) in [5.41, 5.74) is 0. The van der Waals surface area contributed by atoms with Crippen LogP contribution in [0.1, 0.15) is 33.1 Å². The number of nitrogens with one attached hydrogen (secondary N) is 1. The molecule has 102 valence electrons. The fourth-order valence-electron chi connectivity index (χ4n) is 1.52. The van der Waals surface area contributed by atoms with Crippen LogP contribution < -0.4 is 5.32 Å². The molecular formula is C11H23NO4S. The van der Waals surface area contributed by atoms with E-state index in [1.165, 1.54) is 6.92 Å². The van der Waals surface area contributed by atoms with Crippen molar-refractivity contribution in [1.29, 1.82) is 0 Å². The van der Waals surface area contributed by atoms with Gasteiger partial charge in [-0.25, -0.2) is 8.42 Å². The number of carbonyl (C=O) groups excluding carboxylic acids is 1. The van der Waals surface area contributed by atoms with Gasteiger partial charge in [-0.05, 0) is 25.7 Å². The minimum Gasteiger partial charge on any atom is -0.396 e. The Labute approximate surface area is 104 Å². The van der Waals surface area contributed by atoms with Crippen LogP contribution in [0.5, 0.6) is 0 Å². The number of amides is 1. The molecule has 2 unspecified atom stereocenters. The SMILES string of the molecule is CCCC(CCO)CNC(=O)C(C)S(C)(=O)=O. The molecule has 0 saturated carbocycles. The molecule has 0 spiro atoms. The van der Waals surface area contributed by atoms with Gasteiger partial charge in [0.25, 0.3) is 0 Å². The van der Waals surface area contributed by atoms with Gasteiger partial charge in [0.1, 0.15) is 5.25 Å². The van der Waals surface area contributed by atoms with Crippen LogP contribution in [-0.4, -0.2) is 44.1 Å². The molecule has 0 bridgehead atoms. The minimum atomic E-state index is -3.34. The number of rotatable bonds is 8. The van der Waals surface area contributed by atoms with Crippen molar-refractivity contribution in [2.24, 2.45) is 5.92 Å². The molecule has 0 aromatic heterocycles. The second-order valence-corrected chi connectivity index (χ2v) is 6.75. The van der Waals surface area contributed by atoms with Crippen LogP contribution in [0.15, 0.2) is 0 Å². The lowest BCUT2D eigenvalue weighted by Gasteiger charge is -2.17. The quantitative estimate of drug-likeness (QED) is 0.662. The first-order chi connectivity index (χ1) is 7.82. The van der Waals surface area contributed by atoms with E-state index in [9.17, 15) is 13.2 Å². The fourth-order valence-corrected chi connectivity index (χ4v) is 1.99. The highest BCUT2D eigenvalue weighted by atomic mass is 32.2. The summed E-state index contributed by atoms with van der Waals surface area (Å²) in [6.07, 6.45) is 3.56. The van der Waals surface area contributed by atoms with E-state index in [0.717, 1.165) is 19.1 Å². The van der Waals surface area contributed by atoms with Gasteiger partial charge in [0, 0.05) is 19.4 Å². The van der Waals surface area contributed by atoms with E-state index in [0.29, 0.717) is 13.0 Å². The summed E-state index contributed by atoms with van der Waals surface area (Å²) in [6.45, 7) is 3.92. The van der Waals surface area contributed by atoms with Gasteiger partial charge < -0.3 is 10.4 Å². The van der Waals surface area contributed by atoms with Crippen LogP contribution in [0.4, 0.5) is 0 Å². The normalized spacial score (nSPS) is 15.3. The Morgan fingerprint density at radius 1 is 1.35 bits per heavy atom. The molecule has 0 aliphatic carbocycles. The highest BCUT2D eigenvalue weighted by molar-refractivity contribution is 7.92. The Bertz CT molecular complexity index is 320. The van der Waals surface area contributed by atoms with E-state index in [1.807, 2.05) is 6.92 Å². The summed E-state index contributed by atoms with van der Waals surface area (Å²) in [4.78, 5) is 11.5. The fraction of sp³-hybridized carbons (Fsp3) is 0.909. The van der Waals surface area contributed by atoms with Gasteiger partial charge in [-0.1, -0.05) is 13.3 Å². The second kappa shape index (κ2) is 7.66. The van der Waals surface area contributed by atoms with Crippen molar-refractivity contribution in [3.8, 4) is 0 Å². The van der Waals surface area contributed by atoms with Gasteiger partial charge in [0.05, 0.1) is 0 Å². The maximum Gasteiger partial charge on any atom is 0.238 e. The molecule has 2 atom stereocenters. The molecule has 17 heavy (non-hydrogen) atoms. The second-order valence-electron chi connectivity index (χ2n) is 4.38. The predicted molar refractivity (Wildman–Crippen MR) is 67.4 cm³/mol. The molecule has 5 nitrogen and oxygen atoms in total. The number of aliphatic hydroxyl groups excluding tert-OH is 1. The van der Waals surface area contributed by atoms with Crippen LogP contribution in [0.25, 0.3) is 0 Å². The third kappa shape index (κ3) is 6.63. The zero-order chi connectivity index (χ0) is 13.5. The Kier molecular flexibility index (Phi) is 7.38. The van der Waals surface area contributed by atoms with E-state index >= 15 is 0 Å². The van der Waals surface area contributed by atoms with Crippen molar-refractivity contribution in [3.05, 3.63) is 0 Å². The van der Waals surface area contributed by atoms with E-state index in [2.05, 4.69) is 5.32 Å². The number of hydrogen-bond acceptors (Lipinski definition) is 4. The Hall–Kier alpha value is -0.620.